The van der Waals surface area contributed by atoms with Gasteiger partial charge in [0.05, 0.1) is 13.2 Å². The van der Waals surface area contributed by atoms with Crippen molar-refractivity contribution in [2.45, 2.75) is 58.1 Å². The first kappa shape index (κ1) is 13.9. The summed E-state index contributed by atoms with van der Waals surface area (Å²) in [7, 11) is 0. The Labute approximate surface area is 87.5 Å². The average molecular weight is 204 g/mol. The van der Waals surface area contributed by atoms with Crippen LogP contribution in [-0.4, -0.2) is 35.5 Å². The monoisotopic (exact) mass is 204 g/mol. The molecule has 0 saturated carbocycles. The van der Waals surface area contributed by atoms with Gasteiger partial charge in [-0.2, -0.15) is 0 Å². The summed E-state index contributed by atoms with van der Waals surface area (Å²) in [6, 6.07) is 0.187. The molecule has 0 aromatic heterocycles. The first-order valence-electron chi connectivity index (χ1n) is 5.88. The lowest BCUT2D eigenvalue weighted by Gasteiger charge is -2.19. The van der Waals surface area contributed by atoms with Gasteiger partial charge in [-0.15, -0.1) is 0 Å². The van der Waals surface area contributed by atoms with Crippen LogP contribution >= 0.6 is 0 Å². The summed E-state index contributed by atoms with van der Waals surface area (Å²) in [5, 5.41) is 20.6. The van der Waals surface area contributed by atoms with Crippen LogP contribution in [0.4, 0.5) is 0 Å². The fourth-order valence-electron chi connectivity index (χ4n) is 1.61. The van der Waals surface area contributed by atoms with Gasteiger partial charge in [0.15, 0.2) is 0 Å². The van der Waals surface area contributed by atoms with E-state index in [0.717, 1.165) is 25.8 Å². The molecule has 0 amide bonds. The molecule has 0 unspecified atom stereocenters. The fraction of sp³-hybridized carbons (Fsp3) is 1.00. The smallest absolute Gasteiger partial charge is 0.128 e. The molecule has 0 aromatic carbocycles. The lowest BCUT2D eigenvalue weighted by atomic mass is 10.0. The molecule has 3 heteroatoms. The van der Waals surface area contributed by atoms with Gasteiger partial charge in [-0.05, 0) is 12.8 Å². The third kappa shape index (κ3) is 6.35. The number of unbranched alkanes of at least 4 members (excludes halogenated alkanes) is 2. The molecule has 0 fully saturated rings. The van der Waals surface area contributed by atoms with Crippen LogP contribution in [-0.2, 0) is 0 Å². The Morgan fingerprint density at radius 2 is 1.86 bits per heavy atom. The van der Waals surface area contributed by atoms with Crippen LogP contribution in [0.25, 0.3) is 0 Å². The number of rotatable bonds is 9. The second kappa shape index (κ2) is 9.44. The number of nitrogens with two attached hydrogens (primary N) is 1. The zero-order chi connectivity index (χ0) is 10.8. The van der Waals surface area contributed by atoms with Gasteiger partial charge in [-0.25, -0.2) is 0 Å². The van der Waals surface area contributed by atoms with Gasteiger partial charge < -0.3 is 15.5 Å². The maximum absolute atomic E-state index is 9.56. The van der Waals surface area contributed by atoms with Crippen LogP contribution in [0, 0.1) is 0 Å². The standard InChI is InChI=1S/C11H25NO2/c1-3-5-6-7-10(11(14)9-13)12-8-4-2/h10-14H,3-9H2,1-2H3/p+1/t10-,11-/m0/s1. The second-order valence-electron chi connectivity index (χ2n) is 3.93. The van der Waals surface area contributed by atoms with Crippen molar-refractivity contribution in [3.8, 4) is 0 Å². The minimum absolute atomic E-state index is 0.114. The predicted molar refractivity (Wildman–Crippen MR) is 58.1 cm³/mol. The molecule has 14 heavy (non-hydrogen) atoms. The first-order valence-corrected chi connectivity index (χ1v) is 5.88. The molecule has 0 saturated heterocycles. The maximum Gasteiger partial charge on any atom is 0.128 e. The third-order valence-corrected chi connectivity index (χ3v) is 2.58. The molecule has 86 valence electrons. The molecule has 0 aliphatic heterocycles. The van der Waals surface area contributed by atoms with Crippen LogP contribution in [0.2, 0.25) is 0 Å². The highest BCUT2D eigenvalue weighted by atomic mass is 16.3. The number of hydrogen-bond acceptors (Lipinski definition) is 2. The largest absolute Gasteiger partial charge is 0.393 e. The van der Waals surface area contributed by atoms with E-state index in [-0.39, 0.29) is 12.6 Å². The van der Waals surface area contributed by atoms with Gasteiger partial charge in [0.25, 0.3) is 0 Å². The topological polar surface area (TPSA) is 57.1 Å². The Balaban J connectivity index is 3.72. The van der Waals surface area contributed by atoms with E-state index >= 15 is 0 Å². The van der Waals surface area contributed by atoms with E-state index in [1.807, 2.05) is 0 Å². The van der Waals surface area contributed by atoms with Crippen molar-refractivity contribution in [2.24, 2.45) is 0 Å². The Hall–Kier alpha value is -0.120. The predicted octanol–water partition coefficient (Wildman–Crippen LogP) is 0.262. The number of aliphatic hydroxyl groups is 2. The van der Waals surface area contributed by atoms with Gasteiger partial charge in [0, 0.05) is 6.42 Å². The fourth-order valence-corrected chi connectivity index (χ4v) is 1.61. The molecule has 3 nitrogen and oxygen atoms in total. The van der Waals surface area contributed by atoms with Crippen molar-refractivity contribution in [3.05, 3.63) is 0 Å². The molecule has 0 aliphatic carbocycles. The van der Waals surface area contributed by atoms with Crippen molar-refractivity contribution in [3.63, 3.8) is 0 Å². The molecule has 0 spiro atoms. The van der Waals surface area contributed by atoms with Crippen LogP contribution in [0.5, 0.6) is 0 Å². The Kier molecular flexibility index (Phi) is 9.35. The van der Waals surface area contributed by atoms with Crippen molar-refractivity contribution < 1.29 is 15.5 Å². The molecule has 4 N–H and O–H groups in total. The van der Waals surface area contributed by atoms with Gasteiger partial charge in [0.1, 0.15) is 12.1 Å². The van der Waals surface area contributed by atoms with Gasteiger partial charge in [0.2, 0.25) is 0 Å². The summed E-state index contributed by atoms with van der Waals surface area (Å²) >= 11 is 0. The number of quaternary nitrogens is 1. The number of aliphatic hydroxyl groups excluding tert-OH is 2. The summed E-state index contributed by atoms with van der Waals surface area (Å²) < 4.78 is 0. The SMILES string of the molecule is CCCCC[C@H]([NH2+]CCC)[C@@H](O)CO. The molecule has 0 bridgehead atoms. The lowest BCUT2D eigenvalue weighted by Crippen LogP contribution is -2.92. The lowest BCUT2D eigenvalue weighted by molar-refractivity contribution is -0.697. The van der Waals surface area contributed by atoms with Crippen LogP contribution in [0.15, 0.2) is 0 Å². The average Bonchev–Trinajstić information content (AvgIpc) is 2.22. The normalized spacial score (nSPS) is 15.4. The summed E-state index contributed by atoms with van der Waals surface area (Å²) in [6.07, 6.45) is 5.14. The Bertz CT molecular complexity index is 120. The second-order valence-corrected chi connectivity index (χ2v) is 3.93. The number of hydrogen-bond donors (Lipinski definition) is 3. The van der Waals surface area contributed by atoms with Crippen molar-refractivity contribution in [2.75, 3.05) is 13.2 Å². The van der Waals surface area contributed by atoms with E-state index in [0.29, 0.717) is 0 Å². The summed E-state index contributed by atoms with van der Waals surface area (Å²) in [4.78, 5) is 0. The zero-order valence-electron chi connectivity index (χ0n) is 9.58. The van der Waals surface area contributed by atoms with Crippen LogP contribution in [0.1, 0.15) is 46.0 Å². The molecule has 0 radical (unpaired) electrons. The van der Waals surface area contributed by atoms with Crippen molar-refractivity contribution in [1.29, 1.82) is 0 Å². The van der Waals surface area contributed by atoms with E-state index in [4.69, 9.17) is 5.11 Å². The third-order valence-electron chi connectivity index (χ3n) is 2.58. The highest BCUT2D eigenvalue weighted by molar-refractivity contribution is 4.65. The van der Waals surface area contributed by atoms with Gasteiger partial charge in [-0.3, -0.25) is 0 Å². The van der Waals surface area contributed by atoms with Gasteiger partial charge >= 0.3 is 0 Å². The van der Waals surface area contributed by atoms with E-state index < -0.39 is 6.10 Å². The Morgan fingerprint density at radius 1 is 1.14 bits per heavy atom. The van der Waals surface area contributed by atoms with Crippen molar-refractivity contribution >= 4 is 0 Å². The minimum Gasteiger partial charge on any atom is -0.393 e. The van der Waals surface area contributed by atoms with Crippen molar-refractivity contribution in [1.82, 2.24) is 0 Å². The first-order chi connectivity index (χ1) is 6.76. The molecule has 0 aliphatic rings. The van der Waals surface area contributed by atoms with E-state index in [1.165, 1.54) is 12.8 Å². The Morgan fingerprint density at radius 3 is 2.36 bits per heavy atom. The molecule has 0 aromatic rings. The molecule has 2 atom stereocenters. The van der Waals surface area contributed by atoms with E-state index in [2.05, 4.69) is 19.2 Å². The van der Waals surface area contributed by atoms with E-state index in [9.17, 15) is 5.11 Å². The molecular formula is C11H26NO2+. The molecule has 0 heterocycles. The zero-order valence-corrected chi connectivity index (χ0v) is 9.58. The molecular weight excluding hydrogens is 178 g/mol. The molecule has 0 rings (SSSR count). The minimum atomic E-state index is -0.557. The highest BCUT2D eigenvalue weighted by Crippen LogP contribution is 2.03. The van der Waals surface area contributed by atoms with Crippen LogP contribution in [0.3, 0.4) is 0 Å². The summed E-state index contributed by atoms with van der Waals surface area (Å²) in [5.74, 6) is 0. The van der Waals surface area contributed by atoms with Gasteiger partial charge in [-0.1, -0.05) is 26.7 Å². The summed E-state index contributed by atoms with van der Waals surface area (Å²) in [6.45, 7) is 5.23. The van der Waals surface area contributed by atoms with Crippen LogP contribution < -0.4 is 5.32 Å². The maximum atomic E-state index is 9.56. The quantitative estimate of drug-likeness (QED) is 0.472. The highest BCUT2D eigenvalue weighted by Gasteiger charge is 2.20. The van der Waals surface area contributed by atoms with E-state index in [1.54, 1.807) is 0 Å². The summed E-state index contributed by atoms with van der Waals surface area (Å²) in [5.41, 5.74) is 0.